The van der Waals surface area contributed by atoms with E-state index in [1.807, 2.05) is 72.4 Å². The van der Waals surface area contributed by atoms with Crippen molar-refractivity contribution in [1.82, 2.24) is 9.55 Å². The van der Waals surface area contributed by atoms with Crippen molar-refractivity contribution < 1.29 is 0 Å². The van der Waals surface area contributed by atoms with Crippen molar-refractivity contribution in [2.45, 2.75) is 0 Å². The maximum absolute atomic E-state index is 12.9. The van der Waals surface area contributed by atoms with E-state index in [0.29, 0.717) is 16.6 Å². The van der Waals surface area contributed by atoms with Gasteiger partial charge >= 0.3 is 0 Å². The molecule has 2 aromatic carbocycles. The van der Waals surface area contributed by atoms with E-state index in [-0.39, 0.29) is 5.43 Å². The number of hydrogen-bond donors (Lipinski definition) is 0. The van der Waals surface area contributed by atoms with Gasteiger partial charge < -0.3 is 4.57 Å². The lowest BCUT2D eigenvalue weighted by atomic mass is 10.1. The molecule has 2 aromatic heterocycles. The van der Waals surface area contributed by atoms with Crippen molar-refractivity contribution in [1.29, 1.82) is 0 Å². The van der Waals surface area contributed by atoms with Gasteiger partial charge in [0.1, 0.15) is 0 Å². The van der Waals surface area contributed by atoms with Crippen LogP contribution in [0.5, 0.6) is 0 Å². The van der Waals surface area contributed by atoms with E-state index in [1.165, 1.54) is 0 Å². The van der Waals surface area contributed by atoms with Gasteiger partial charge in [0.05, 0.1) is 22.3 Å². The molecule has 3 nitrogen and oxygen atoms in total. The van der Waals surface area contributed by atoms with E-state index in [1.54, 1.807) is 0 Å². The lowest BCUT2D eigenvalue weighted by molar-refractivity contribution is 0.951. The average molecular weight is 365 g/mol. The van der Waals surface area contributed by atoms with Crippen LogP contribution in [0.1, 0.15) is 0 Å². The maximum atomic E-state index is 12.9. The van der Waals surface area contributed by atoms with Gasteiger partial charge in [-0.3, -0.25) is 4.79 Å². The van der Waals surface area contributed by atoms with Crippen LogP contribution in [0.4, 0.5) is 0 Å². The van der Waals surface area contributed by atoms with E-state index in [4.69, 9.17) is 0 Å². The number of rotatable bonds is 1. The summed E-state index contributed by atoms with van der Waals surface area (Å²) in [7, 11) is 1.94. The summed E-state index contributed by atoms with van der Waals surface area (Å²) in [6, 6.07) is 17.6. The van der Waals surface area contributed by atoms with Gasteiger partial charge in [-0.05, 0) is 30.3 Å². The molecule has 0 saturated carbocycles. The first-order valence-corrected chi connectivity index (χ1v) is 8.08. The van der Waals surface area contributed by atoms with Crippen LogP contribution in [0.25, 0.3) is 33.1 Å². The minimum absolute atomic E-state index is 0.00202. The van der Waals surface area contributed by atoms with Crippen LogP contribution >= 0.6 is 15.9 Å². The molecule has 4 heteroatoms. The molecule has 0 bridgehead atoms. The number of aryl methyl sites for hydroxylation is 1. The summed E-state index contributed by atoms with van der Waals surface area (Å²) in [5.41, 5.74) is 3.11. The fourth-order valence-electron chi connectivity index (χ4n) is 2.86. The quantitative estimate of drug-likeness (QED) is 0.497. The second-order valence-electron chi connectivity index (χ2n) is 5.53. The van der Waals surface area contributed by atoms with Gasteiger partial charge in [-0.15, -0.1) is 0 Å². The normalized spacial score (nSPS) is 11.2. The first-order chi connectivity index (χ1) is 11.1. The molecule has 0 spiro atoms. The van der Waals surface area contributed by atoms with Crippen molar-refractivity contribution in [3.63, 3.8) is 0 Å². The standard InChI is InChI=1S/C19H13BrN2O/c1-22-11-15(19(23)14-10-13(20)7-9-18(14)22)17-8-6-12-4-2-3-5-16(12)21-17/h2-11H,1H3. The van der Waals surface area contributed by atoms with Crippen molar-refractivity contribution in [3.8, 4) is 11.3 Å². The van der Waals surface area contributed by atoms with Gasteiger partial charge in [-0.2, -0.15) is 0 Å². The Morgan fingerprint density at radius 2 is 1.87 bits per heavy atom. The molecule has 0 saturated heterocycles. The monoisotopic (exact) mass is 364 g/mol. The van der Waals surface area contributed by atoms with Gasteiger partial charge in [0.2, 0.25) is 0 Å². The van der Waals surface area contributed by atoms with Crippen LogP contribution in [-0.4, -0.2) is 9.55 Å². The Morgan fingerprint density at radius 1 is 1.04 bits per heavy atom. The summed E-state index contributed by atoms with van der Waals surface area (Å²) in [4.78, 5) is 17.5. The Morgan fingerprint density at radius 3 is 2.74 bits per heavy atom. The van der Waals surface area contributed by atoms with Gasteiger partial charge in [0, 0.05) is 28.5 Å². The molecule has 112 valence electrons. The average Bonchev–Trinajstić information content (AvgIpc) is 2.57. The predicted molar refractivity (Wildman–Crippen MR) is 97.6 cm³/mol. The van der Waals surface area contributed by atoms with Gasteiger partial charge in [0.25, 0.3) is 0 Å². The number of hydrogen-bond acceptors (Lipinski definition) is 2. The first-order valence-electron chi connectivity index (χ1n) is 7.28. The minimum Gasteiger partial charge on any atom is -0.350 e. The van der Waals surface area contributed by atoms with Crippen molar-refractivity contribution in [3.05, 3.63) is 75.5 Å². The second-order valence-corrected chi connectivity index (χ2v) is 6.45. The maximum Gasteiger partial charge on any atom is 0.198 e. The molecule has 4 rings (SSSR count). The largest absolute Gasteiger partial charge is 0.350 e. The number of nitrogens with zero attached hydrogens (tertiary/aromatic N) is 2. The van der Waals surface area contributed by atoms with E-state index < -0.39 is 0 Å². The lowest BCUT2D eigenvalue weighted by Gasteiger charge is -2.09. The number of aromatic nitrogens is 2. The number of benzene rings is 2. The Kier molecular flexibility index (Phi) is 3.27. The Hall–Kier alpha value is -2.46. The van der Waals surface area contributed by atoms with Crippen LogP contribution in [0.15, 0.2) is 70.1 Å². The highest BCUT2D eigenvalue weighted by atomic mass is 79.9. The number of pyridine rings is 2. The zero-order valence-corrected chi connectivity index (χ0v) is 14.0. The van der Waals surface area contributed by atoms with Crippen LogP contribution in [0, 0.1) is 0 Å². The van der Waals surface area contributed by atoms with Crippen molar-refractivity contribution in [2.75, 3.05) is 0 Å². The molecule has 2 heterocycles. The highest BCUT2D eigenvalue weighted by Gasteiger charge is 2.11. The summed E-state index contributed by atoms with van der Waals surface area (Å²) in [6.07, 6.45) is 1.86. The minimum atomic E-state index is 0.00202. The van der Waals surface area contributed by atoms with E-state index in [9.17, 15) is 4.79 Å². The molecule has 0 atom stereocenters. The summed E-state index contributed by atoms with van der Waals surface area (Å²) in [5.74, 6) is 0. The topological polar surface area (TPSA) is 34.9 Å². The molecule has 0 aliphatic carbocycles. The summed E-state index contributed by atoms with van der Waals surface area (Å²) < 4.78 is 2.86. The van der Waals surface area contributed by atoms with E-state index in [2.05, 4.69) is 20.9 Å². The van der Waals surface area contributed by atoms with Gasteiger partial charge in [-0.25, -0.2) is 4.98 Å². The first kappa shape index (κ1) is 14.2. The molecule has 0 radical (unpaired) electrons. The van der Waals surface area contributed by atoms with E-state index in [0.717, 1.165) is 20.9 Å². The Bertz CT molecular complexity index is 1120. The van der Waals surface area contributed by atoms with Crippen LogP contribution in [0.3, 0.4) is 0 Å². The van der Waals surface area contributed by atoms with Crippen LogP contribution in [0.2, 0.25) is 0 Å². The number of para-hydroxylation sites is 1. The highest BCUT2D eigenvalue weighted by Crippen LogP contribution is 2.22. The number of fused-ring (bicyclic) bond motifs is 2. The summed E-state index contributed by atoms with van der Waals surface area (Å²) >= 11 is 3.44. The molecular weight excluding hydrogens is 352 g/mol. The zero-order chi connectivity index (χ0) is 16.0. The fraction of sp³-hybridized carbons (Fsp3) is 0.0526. The molecular formula is C19H13BrN2O. The van der Waals surface area contributed by atoms with Gasteiger partial charge in [0.15, 0.2) is 5.43 Å². The smallest absolute Gasteiger partial charge is 0.198 e. The van der Waals surface area contributed by atoms with E-state index >= 15 is 0 Å². The SMILES string of the molecule is Cn1cc(-c2ccc3ccccc3n2)c(=O)c2cc(Br)ccc21. The van der Waals surface area contributed by atoms with Gasteiger partial charge in [-0.1, -0.05) is 40.2 Å². The molecule has 0 unspecified atom stereocenters. The van der Waals surface area contributed by atoms with Crippen molar-refractivity contribution in [2.24, 2.45) is 7.05 Å². The van der Waals surface area contributed by atoms with Crippen LogP contribution in [-0.2, 0) is 7.05 Å². The molecule has 23 heavy (non-hydrogen) atoms. The predicted octanol–water partition coefficient (Wildman–Crippen LogP) is 4.52. The third kappa shape index (κ3) is 2.35. The van der Waals surface area contributed by atoms with Crippen LogP contribution < -0.4 is 5.43 Å². The Balaban J connectivity index is 2.04. The summed E-state index contributed by atoms with van der Waals surface area (Å²) in [6.45, 7) is 0. The second kappa shape index (κ2) is 5.32. The molecule has 4 aromatic rings. The lowest BCUT2D eigenvalue weighted by Crippen LogP contribution is -2.11. The molecule has 0 N–H and O–H groups in total. The molecule has 0 aliphatic rings. The number of halogens is 1. The van der Waals surface area contributed by atoms with Crippen molar-refractivity contribution >= 4 is 37.7 Å². The third-order valence-electron chi connectivity index (χ3n) is 4.02. The zero-order valence-electron chi connectivity index (χ0n) is 12.5. The molecule has 0 amide bonds. The highest BCUT2D eigenvalue weighted by molar-refractivity contribution is 9.10. The Labute approximate surface area is 141 Å². The molecule has 0 fully saturated rings. The third-order valence-corrected chi connectivity index (χ3v) is 4.52. The fourth-order valence-corrected chi connectivity index (χ4v) is 3.22. The summed E-state index contributed by atoms with van der Waals surface area (Å²) in [5, 5.41) is 1.76. The molecule has 0 aliphatic heterocycles.